The molecule has 0 bridgehead atoms. The van der Waals surface area contributed by atoms with Crippen molar-refractivity contribution < 1.29 is 38.6 Å². The molecular formula is C6H12O8P+. The molecule has 15 heavy (non-hydrogen) atoms. The Morgan fingerprint density at radius 1 is 1.00 bits per heavy atom. The average molecular weight is 243 g/mol. The number of rotatable bonds is 0. The quantitative estimate of drug-likeness (QED) is 0.302. The normalized spacial score (nSPS) is 7.00. The Kier molecular flexibility index (Phi) is 16.2. The van der Waals surface area contributed by atoms with Crippen LogP contribution in [0.1, 0.15) is 20.8 Å². The van der Waals surface area contributed by atoms with Gasteiger partial charge in [0.1, 0.15) is 0 Å². The molecule has 0 aliphatic carbocycles. The summed E-state index contributed by atoms with van der Waals surface area (Å²) in [5.41, 5.74) is 0. The summed E-state index contributed by atoms with van der Waals surface area (Å²) in [6.07, 6.45) is 0. The number of aliphatic carboxylic acids is 1. The maximum Gasteiger partial charge on any atom is 0.692 e. The third-order valence-electron chi connectivity index (χ3n) is 0.287. The van der Waals surface area contributed by atoms with Gasteiger partial charge in [-0.15, -0.1) is 9.79 Å². The first-order valence-electron chi connectivity index (χ1n) is 3.33. The monoisotopic (exact) mass is 243 g/mol. The lowest BCUT2D eigenvalue weighted by molar-refractivity contribution is -0.156. The summed E-state index contributed by atoms with van der Waals surface area (Å²) in [4.78, 5) is 42.9. The van der Waals surface area contributed by atoms with Crippen molar-refractivity contribution in [1.82, 2.24) is 0 Å². The summed E-state index contributed by atoms with van der Waals surface area (Å²) >= 11 is 0. The Balaban J connectivity index is -0.000000155. The van der Waals surface area contributed by atoms with Crippen molar-refractivity contribution in [3.8, 4) is 0 Å². The summed E-state index contributed by atoms with van der Waals surface area (Å²) in [6.45, 7) is 3.45. The maximum atomic E-state index is 9.81. The van der Waals surface area contributed by atoms with Crippen molar-refractivity contribution in [1.29, 1.82) is 0 Å². The Hall–Kier alpha value is -1.37. The topological polar surface area (TPSA) is 138 Å². The Bertz CT molecular complexity index is 203. The van der Waals surface area contributed by atoms with Crippen LogP contribution in [0.4, 0.5) is 0 Å². The summed E-state index contributed by atoms with van der Waals surface area (Å²) in [5, 5.41) is 7.42. The first-order valence-corrected chi connectivity index (χ1v) is 4.49. The molecule has 9 heteroatoms. The van der Waals surface area contributed by atoms with Crippen molar-refractivity contribution in [3.63, 3.8) is 0 Å². The lowest BCUT2D eigenvalue weighted by atomic mass is 10.7. The van der Waals surface area contributed by atoms with Gasteiger partial charge in [-0.05, 0) is 0 Å². The van der Waals surface area contributed by atoms with Gasteiger partial charge < -0.3 is 9.84 Å². The smallest absolute Gasteiger partial charge is 0.481 e. The SMILES string of the molecule is CC(=O)O.CC(=O)OC(C)=O.O=[P+](O)O. The van der Waals surface area contributed by atoms with E-state index in [1.54, 1.807) is 0 Å². The molecule has 0 aromatic rings. The van der Waals surface area contributed by atoms with Crippen LogP contribution < -0.4 is 0 Å². The molecule has 0 atom stereocenters. The predicted molar refractivity (Wildman–Crippen MR) is 47.8 cm³/mol. The van der Waals surface area contributed by atoms with E-state index in [4.69, 9.17) is 24.3 Å². The third kappa shape index (κ3) is 206. The third-order valence-corrected chi connectivity index (χ3v) is 0.287. The van der Waals surface area contributed by atoms with E-state index in [9.17, 15) is 9.59 Å². The highest BCUT2D eigenvalue weighted by atomic mass is 31.1. The number of esters is 2. The van der Waals surface area contributed by atoms with E-state index < -0.39 is 26.2 Å². The van der Waals surface area contributed by atoms with E-state index in [1.807, 2.05) is 0 Å². The maximum absolute atomic E-state index is 9.81. The molecule has 0 saturated heterocycles. The van der Waals surface area contributed by atoms with Crippen LogP contribution in [0.3, 0.4) is 0 Å². The Labute approximate surface area is 86.4 Å². The fourth-order valence-corrected chi connectivity index (χ4v) is 0.202. The number of carboxylic acids is 1. The highest BCUT2D eigenvalue weighted by Crippen LogP contribution is 1.98. The second kappa shape index (κ2) is 12.6. The Morgan fingerprint density at radius 2 is 1.13 bits per heavy atom. The van der Waals surface area contributed by atoms with Crippen molar-refractivity contribution in [2.75, 3.05) is 0 Å². The minimum atomic E-state index is -2.87. The zero-order valence-electron chi connectivity index (χ0n) is 8.33. The lowest BCUT2D eigenvalue weighted by Crippen LogP contribution is -2.03. The first kappa shape index (κ1) is 19.2. The molecule has 0 aromatic carbocycles. The fourth-order valence-electron chi connectivity index (χ4n) is 0.202. The molecular weight excluding hydrogens is 231 g/mol. The summed E-state index contributed by atoms with van der Waals surface area (Å²) in [6, 6.07) is 0. The molecule has 88 valence electrons. The summed E-state index contributed by atoms with van der Waals surface area (Å²) in [5.74, 6) is -1.96. The second-order valence-electron chi connectivity index (χ2n) is 1.86. The van der Waals surface area contributed by atoms with E-state index >= 15 is 0 Å². The molecule has 0 unspecified atom stereocenters. The predicted octanol–water partition coefficient (Wildman–Crippen LogP) is -0.185. The van der Waals surface area contributed by atoms with Crippen LogP contribution in [0.2, 0.25) is 0 Å². The van der Waals surface area contributed by atoms with Crippen molar-refractivity contribution in [2.45, 2.75) is 20.8 Å². The summed E-state index contributed by atoms with van der Waals surface area (Å²) in [7, 11) is -2.87. The van der Waals surface area contributed by atoms with Crippen LogP contribution in [-0.4, -0.2) is 32.8 Å². The summed E-state index contributed by atoms with van der Waals surface area (Å²) < 4.78 is 12.7. The average Bonchev–Trinajstić information content (AvgIpc) is 1.78. The second-order valence-corrected chi connectivity index (χ2v) is 2.36. The standard InChI is InChI=1S/C4H6O3.C2H4O2.HO3P/c1-3(5)7-4(2)6;1-2(3)4;1-4(2)3/h1-2H3;1H3,(H,3,4);(H-,1,2,3)/p+1. The van der Waals surface area contributed by atoms with Gasteiger partial charge in [0.15, 0.2) is 0 Å². The molecule has 8 nitrogen and oxygen atoms in total. The molecule has 0 heterocycles. The van der Waals surface area contributed by atoms with E-state index in [2.05, 4.69) is 4.74 Å². The van der Waals surface area contributed by atoms with Crippen molar-refractivity contribution in [3.05, 3.63) is 0 Å². The molecule has 0 aromatic heterocycles. The molecule has 0 aliphatic heterocycles. The highest BCUT2D eigenvalue weighted by molar-refractivity contribution is 7.30. The van der Waals surface area contributed by atoms with Gasteiger partial charge in [0.05, 0.1) is 0 Å². The van der Waals surface area contributed by atoms with Gasteiger partial charge in [-0.1, -0.05) is 0 Å². The van der Waals surface area contributed by atoms with Gasteiger partial charge in [-0.3, -0.25) is 14.4 Å². The van der Waals surface area contributed by atoms with E-state index in [-0.39, 0.29) is 0 Å². The van der Waals surface area contributed by atoms with Crippen molar-refractivity contribution >= 4 is 26.2 Å². The van der Waals surface area contributed by atoms with Gasteiger partial charge in [0.2, 0.25) is 0 Å². The minimum Gasteiger partial charge on any atom is -0.481 e. The molecule has 0 radical (unpaired) electrons. The lowest BCUT2D eigenvalue weighted by Gasteiger charge is -1.87. The van der Waals surface area contributed by atoms with Crippen LogP contribution in [0.5, 0.6) is 0 Å². The van der Waals surface area contributed by atoms with E-state index in [0.29, 0.717) is 0 Å². The molecule has 3 N–H and O–H groups in total. The molecule has 0 saturated carbocycles. The highest BCUT2D eigenvalue weighted by Gasteiger charge is 1.93. The fraction of sp³-hybridized carbons (Fsp3) is 0.500. The van der Waals surface area contributed by atoms with E-state index in [1.165, 1.54) is 13.8 Å². The molecule has 0 rings (SSSR count). The number of carbonyl (C=O) groups excluding carboxylic acids is 2. The van der Waals surface area contributed by atoms with Gasteiger partial charge >= 0.3 is 20.2 Å². The van der Waals surface area contributed by atoms with Crippen LogP contribution >= 0.6 is 8.25 Å². The zero-order chi connectivity index (χ0) is 13.0. The van der Waals surface area contributed by atoms with E-state index in [0.717, 1.165) is 6.92 Å². The van der Waals surface area contributed by atoms with Crippen LogP contribution in [-0.2, 0) is 23.7 Å². The van der Waals surface area contributed by atoms with Gasteiger partial charge in [0.25, 0.3) is 5.97 Å². The molecule has 0 fully saturated rings. The van der Waals surface area contributed by atoms with Crippen LogP contribution in [0.15, 0.2) is 0 Å². The number of carboxylic acid groups (broad SMARTS) is 1. The largest absolute Gasteiger partial charge is 0.692 e. The molecule has 0 aliphatic rings. The van der Waals surface area contributed by atoms with Gasteiger partial charge in [-0.25, -0.2) is 0 Å². The van der Waals surface area contributed by atoms with Crippen molar-refractivity contribution in [2.24, 2.45) is 0 Å². The van der Waals surface area contributed by atoms with Gasteiger partial charge in [-0.2, -0.15) is 0 Å². The first-order chi connectivity index (χ1) is 6.59. The number of hydrogen-bond donors (Lipinski definition) is 3. The Morgan fingerprint density at radius 3 is 1.13 bits per heavy atom. The zero-order valence-corrected chi connectivity index (χ0v) is 9.22. The van der Waals surface area contributed by atoms with Gasteiger partial charge in [0, 0.05) is 25.3 Å². The number of hydrogen-bond acceptors (Lipinski definition) is 5. The molecule has 0 amide bonds. The minimum absolute atomic E-state index is 0.562. The van der Waals surface area contributed by atoms with Crippen LogP contribution in [0.25, 0.3) is 0 Å². The number of carbonyl (C=O) groups is 3. The number of ether oxygens (including phenoxy) is 1. The molecule has 0 spiro atoms. The van der Waals surface area contributed by atoms with Crippen LogP contribution in [0, 0.1) is 0 Å².